The first kappa shape index (κ1) is 21.2. The van der Waals surface area contributed by atoms with Gasteiger partial charge < -0.3 is 9.63 Å². The van der Waals surface area contributed by atoms with Gasteiger partial charge in [-0.15, -0.1) is 0 Å². The van der Waals surface area contributed by atoms with Crippen molar-refractivity contribution in [1.29, 1.82) is 0 Å². The second-order valence-corrected chi connectivity index (χ2v) is 9.51. The SMILES string of the molecule is CC(C)(C)c1cc(-c2nc(-c3ccccc3Cl)no2)c(O)c(-c2cccc3ccccc23)c1. The van der Waals surface area contributed by atoms with E-state index in [1.54, 1.807) is 6.07 Å². The summed E-state index contributed by atoms with van der Waals surface area (Å²) in [6, 6.07) is 25.6. The highest BCUT2D eigenvalue weighted by molar-refractivity contribution is 6.33. The van der Waals surface area contributed by atoms with E-state index < -0.39 is 0 Å². The molecule has 0 fully saturated rings. The van der Waals surface area contributed by atoms with Crippen LogP contribution in [-0.2, 0) is 5.41 Å². The number of nitrogens with zero attached hydrogens (tertiary/aromatic N) is 2. The highest BCUT2D eigenvalue weighted by Crippen LogP contribution is 2.43. The molecule has 0 aliphatic rings. The zero-order valence-corrected chi connectivity index (χ0v) is 19.4. The van der Waals surface area contributed by atoms with Crippen molar-refractivity contribution in [2.45, 2.75) is 26.2 Å². The molecular weight excluding hydrogens is 432 g/mol. The molecule has 0 saturated heterocycles. The number of phenols is 1. The van der Waals surface area contributed by atoms with E-state index in [-0.39, 0.29) is 17.1 Å². The predicted octanol–water partition coefficient (Wildman–Crippen LogP) is 7.88. The average Bonchev–Trinajstić information content (AvgIpc) is 3.28. The summed E-state index contributed by atoms with van der Waals surface area (Å²) in [5.74, 6) is 0.728. The molecule has 0 radical (unpaired) electrons. The Kier molecular flexibility index (Phi) is 5.18. The van der Waals surface area contributed by atoms with Crippen molar-refractivity contribution >= 4 is 22.4 Å². The monoisotopic (exact) mass is 454 g/mol. The Balaban J connectivity index is 1.74. The minimum Gasteiger partial charge on any atom is -0.506 e. The zero-order valence-electron chi connectivity index (χ0n) is 18.6. The van der Waals surface area contributed by atoms with E-state index in [0.717, 1.165) is 27.5 Å². The van der Waals surface area contributed by atoms with E-state index >= 15 is 0 Å². The lowest BCUT2D eigenvalue weighted by Crippen LogP contribution is -2.11. The molecule has 0 bridgehead atoms. The molecule has 0 aliphatic heterocycles. The lowest BCUT2D eigenvalue weighted by Gasteiger charge is -2.22. The lowest BCUT2D eigenvalue weighted by atomic mass is 9.83. The minimum absolute atomic E-state index is 0.105. The summed E-state index contributed by atoms with van der Waals surface area (Å²) in [6.45, 7) is 6.41. The Labute approximate surface area is 197 Å². The fraction of sp³-hybridized carbons (Fsp3) is 0.143. The Morgan fingerprint density at radius 1 is 0.788 bits per heavy atom. The van der Waals surface area contributed by atoms with Gasteiger partial charge in [-0.2, -0.15) is 4.98 Å². The number of halogens is 1. The van der Waals surface area contributed by atoms with Crippen molar-refractivity contribution in [3.8, 4) is 39.7 Å². The van der Waals surface area contributed by atoms with Crippen LogP contribution in [0.1, 0.15) is 26.3 Å². The van der Waals surface area contributed by atoms with E-state index in [1.807, 2.05) is 54.6 Å². The number of rotatable bonds is 3. The fourth-order valence-electron chi connectivity index (χ4n) is 3.98. The number of benzene rings is 4. The average molecular weight is 455 g/mol. The van der Waals surface area contributed by atoms with Crippen molar-refractivity contribution in [1.82, 2.24) is 10.1 Å². The maximum atomic E-state index is 11.4. The number of aromatic nitrogens is 2. The van der Waals surface area contributed by atoms with Gasteiger partial charge in [0.25, 0.3) is 5.89 Å². The molecule has 0 saturated carbocycles. The van der Waals surface area contributed by atoms with Crippen LogP contribution >= 0.6 is 11.6 Å². The first-order chi connectivity index (χ1) is 15.8. The van der Waals surface area contributed by atoms with Crippen LogP contribution < -0.4 is 0 Å². The summed E-state index contributed by atoms with van der Waals surface area (Å²) >= 11 is 6.32. The van der Waals surface area contributed by atoms with E-state index in [9.17, 15) is 5.11 Å². The molecule has 4 nitrogen and oxygen atoms in total. The molecule has 0 unspecified atom stereocenters. The standard InChI is InChI=1S/C28H23ClN2O2/c1-28(2,3)18-15-22(20-13-8-10-17-9-4-5-11-19(17)20)25(32)23(16-18)27-30-26(31-33-27)21-12-6-7-14-24(21)29/h4-16,32H,1-3H3. The Morgan fingerprint density at radius 2 is 1.45 bits per heavy atom. The summed E-state index contributed by atoms with van der Waals surface area (Å²) in [4.78, 5) is 4.57. The van der Waals surface area contributed by atoms with Crippen LogP contribution in [0.15, 0.2) is 83.4 Å². The van der Waals surface area contributed by atoms with Crippen molar-refractivity contribution < 1.29 is 9.63 Å². The van der Waals surface area contributed by atoms with Crippen LogP contribution in [0.5, 0.6) is 5.75 Å². The molecule has 5 rings (SSSR count). The van der Waals surface area contributed by atoms with Crippen molar-refractivity contribution in [3.63, 3.8) is 0 Å². The van der Waals surface area contributed by atoms with Crippen molar-refractivity contribution in [2.75, 3.05) is 0 Å². The van der Waals surface area contributed by atoms with Crippen LogP contribution in [0, 0.1) is 0 Å². The highest BCUT2D eigenvalue weighted by Gasteiger charge is 2.24. The van der Waals surface area contributed by atoms with E-state index in [0.29, 0.717) is 22.0 Å². The van der Waals surface area contributed by atoms with Gasteiger partial charge in [-0.3, -0.25) is 0 Å². The molecule has 0 aliphatic carbocycles. The van der Waals surface area contributed by atoms with E-state index in [2.05, 4.69) is 49.1 Å². The molecule has 1 N–H and O–H groups in total. The van der Waals surface area contributed by atoms with Crippen molar-refractivity contribution in [3.05, 3.63) is 89.4 Å². The van der Waals surface area contributed by atoms with Gasteiger partial charge in [-0.25, -0.2) is 0 Å². The largest absolute Gasteiger partial charge is 0.506 e. The lowest BCUT2D eigenvalue weighted by molar-refractivity contribution is 0.425. The fourth-order valence-corrected chi connectivity index (χ4v) is 4.20. The molecule has 4 aromatic carbocycles. The third-order valence-corrected chi connectivity index (χ3v) is 6.16. The zero-order chi connectivity index (χ0) is 23.2. The maximum absolute atomic E-state index is 11.4. The molecule has 5 heteroatoms. The Hall–Kier alpha value is -3.63. The maximum Gasteiger partial charge on any atom is 0.262 e. The van der Waals surface area contributed by atoms with Gasteiger partial charge in [0.1, 0.15) is 5.75 Å². The van der Waals surface area contributed by atoms with Gasteiger partial charge in [0.15, 0.2) is 0 Å². The minimum atomic E-state index is -0.159. The van der Waals surface area contributed by atoms with E-state index in [4.69, 9.17) is 16.1 Å². The molecule has 164 valence electrons. The summed E-state index contributed by atoms with van der Waals surface area (Å²) in [7, 11) is 0. The summed E-state index contributed by atoms with van der Waals surface area (Å²) in [5.41, 5.74) is 3.74. The van der Waals surface area contributed by atoms with Crippen LogP contribution in [0.2, 0.25) is 5.02 Å². The number of phenolic OH excluding ortho intramolecular Hbond substituents is 1. The van der Waals surface area contributed by atoms with Crippen LogP contribution in [0.3, 0.4) is 0 Å². The van der Waals surface area contributed by atoms with E-state index in [1.165, 1.54) is 0 Å². The predicted molar refractivity (Wildman–Crippen MR) is 133 cm³/mol. The smallest absolute Gasteiger partial charge is 0.262 e. The quantitative estimate of drug-likeness (QED) is 0.301. The molecule has 0 spiro atoms. The van der Waals surface area contributed by atoms with Gasteiger partial charge in [0.2, 0.25) is 5.82 Å². The summed E-state index contributed by atoms with van der Waals surface area (Å²) in [5, 5.41) is 18.3. The number of hydrogen-bond donors (Lipinski definition) is 1. The van der Waals surface area contributed by atoms with Crippen LogP contribution in [0.4, 0.5) is 0 Å². The molecular formula is C28H23ClN2O2. The second-order valence-electron chi connectivity index (χ2n) is 9.10. The molecule has 33 heavy (non-hydrogen) atoms. The third kappa shape index (κ3) is 3.87. The first-order valence-corrected chi connectivity index (χ1v) is 11.2. The normalized spacial score (nSPS) is 11.8. The topological polar surface area (TPSA) is 59.2 Å². The molecule has 0 amide bonds. The van der Waals surface area contributed by atoms with Gasteiger partial charge in [0, 0.05) is 11.1 Å². The van der Waals surface area contributed by atoms with Crippen LogP contribution in [-0.4, -0.2) is 15.2 Å². The van der Waals surface area contributed by atoms with Gasteiger partial charge >= 0.3 is 0 Å². The first-order valence-electron chi connectivity index (χ1n) is 10.8. The van der Waals surface area contributed by atoms with Gasteiger partial charge in [-0.05, 0) is 51.6 Å². The summed E-state index contributed by atoms with van der Waals surface area (Å²) < 4.78 is 5.61. The number of fused-ring (bicyclic) bond motifs is 1. The van der Waals surface area contributed by atoms with Crippen molar-refractivity contribution in [2.24, 2.45) is 0 Å². The third-order valence-electron chi connectivity index (χ3n) is 5.83. The summed E-state index contributed by atoms with van der Waals surface area (Å²) in [6.07, 6.45) is 0. The van der Waals surface area contributed by atoms with Crippen LogP contribution in [0.25, 0.3) is 44.7 Å². The number of hydrogen-bond acceptors (Lipinski definition) is 4. The molecule has 0 atom stereocenters. The Bertz CT molecular complexity index is 1480. The number of aromatic hydroxyl groups is 1. The van der Waals surface area contributed by atoms with Gasteiger partial charge in [0.05, 0.1) is 10.6 Å². The Morgan fingerprint density at radius 3 is 2.24 bits per heavy atom. The highest BCUT2D eigenvalue weighted by atomic mass is 35.5. The van der Waals surface area contributed by atoms with Gasteiger partial charge in [-0.1, -0.05) is 92.1 Å². The molecule has 1 heterocycles. The molecule has 1 aromatic heterocycles. The molecule has 5 aromatic rings. The second kappa shape index (κ2) is 8.05.